The highest BCUT2D eigenvalue weighted by atomic mass is 16.5. The molecule has 2 bridgehead atoms. The van der Waals surface area contributed by atoms with E-state index in [2.05, 4.69) is 0 Å². The van der Waals surface area contributed by atoms with Crippen molar-refractivity contribution >= 4 is 11.9 Å². The average molecular weight is 224 g/mol. The molecule has 2 aliphatic carbocycles. The Morgan fingerprint density at radius 3 is 2.50 bits per heavy atom. The Labute approximate surface area is 94.3 Å². The number of fused-ring (bicyclic) bond motifs is 2. The third-order valence-electron chi connectivity index (χ3n) is 3.47. The normalized spacial score (nSPS) is 35.3. The lowest BCUT2D eigenvalue weighted by Gasteiger charge is -2.22. The Balaban J connectivity index is 2.10. The number of hydrogen-bond acceptors (Lipinski definition) is 3. The van der Waals surface area contributed by atoms with Gasteiger partial charge in [0.1, 0.15) is 0 Å². The maximum Gasteiger partial charge on any atom is 0.310 e. The van der Waals surface area contributed by atoms with Crippen LogP contribution in [0.4, 0.5) is 0 Å². The van der Waals surface area contributed by atoms with E-state index in [1.807, 2.05) is 19.1 Å². The molecule has 88 valence electrons. The van der Waals surface area contributed by atoms with Gasteiger partial charge < -0.3 is 9.84 Å². The van der Waals surface area contributed by atoms with Crippen LogP contribution in [0.2, 0.25) is 0 Å². The van der Waals surface area contributed by atoms with Crippen LogP contribution in [-0.2, 0) is 14.3 Å². The van der Waals surface area contributed by atoms with Gasteiger partial charge in [-0.2, -0.15) is 0 Å². The number of esters is 1. The van der Waals surface area contributed by atoms with Gasteiger partial charge in [0.2, 0.25) is 0 Å². The molecule has 0 aliphatic heterocycles. The molecule has 0 saturated heterocycles. The van der Waals surface area contributed by atoms with Gasteiger partial charge in [-0.05, 0) is 24.7 Å². The Bertz CT molecular complexity index is 334. The maximum absolute atomic E-state index is 11.8. The second-order valence-electron chi connectivity index (χ2n) is 4.51. The third-order valence-corrected chi connectivity index (χ3v) is 3.47. The average Bonchev–Trinajstić information content (AvgIpc) is 2.84. The van der Waals surface area contributed by atoms with Crippen molar-refractivity contribution in [2.24, 2.45) is 23.7 Å². The highest BCUT2D eigenvalue weighted by Crippen LogP contribution is 2.48. The fourth-order valence-electron chi connectivity index (χ4n) is 2.78. The fraction of sp³-hybridized carbons (Fsp3) is 0.667. The molecule has 1 N–H and O–H groups in total. The highest BCUT2D eigenvalue weighted by Gasteiger charge is 2.52. The minimum absolute atomic E-state index is 0.0154. The van der Waals surface area contributed by atoms with Gasteiger partial charge in [-0.25, -0.2) is 0 Å². The molecule has 0 amide bonds. The van der Waals surface area contributed by atoms with E-state index < -0.39 is 17.8 Å². The van der Waals surface area contributed by atoms with E-state index in [0.717, 1.165) is 12.8 Å². The second-order valence-corrected chi connectivity index (χ2v) is 4.51. The van der Waals surface area contributed by atoms with Crippen molar-refractivity contribution in [1.82, 2.24) is 0 Å². The van der Waals surface area contributed by atoms with Gasteiger partial charge in [0, 0.05) is 0 Å². The zero-order valence-electron chi connectivity index (χ0n) is 9.26. The van der Waals surface area contributed by atoms with Crippen molar-refractivity contribution in [3.63, 3.8) is 0 Å². The minimum atomic E-state index is -0.879. The van der Waals surface area contributed by atoms with Crippen LogP contribution in [0, 0.1) is 23.7 Å². The molecule has 4 nitrogen and oxygen atoms in total. The van der Waals surface area contributed by atoms with Crippen molar-refractivity contribution in [2.45, 2.75) is 19.8 Å². The summed E-state index contributed by atoms with van der Waals surface area (Å²) in [5.41, 5.74) is 0. The number of rotatable bonds is 4. The Hall–Kier alpha value is -1.32. The van der Waals surface area contributed by atoms with Gasteiger partial charge in [0.15, 0.2) is 0 Å². The molecule has 0 aromatic carbocycles. The molecule has 16 heavy (non-hydrogen) atoms. The van der Waals surface area contributed by atoms with Crippen molar-refractivity contribution in [2.75, 3.05) is 6.61 Å². The first-order chi connectivity index (χ1) is 7.65. The molecule has 0 aromatic heterocycles. The molecule has 4 heteroatoms. The fourth-order valence-corrected chi connectivity index (χ4v) is 2.78. The summed E-state index contributed by atoms with van der Waals surface area (Å²) in [4.78, 5) is 22.9. The summed E-state index contributed by atoms with van der Waals surface area (Å²) < 4.78 is 5.07. The van der Waals surface area contributed by atoms with Crippen LogP contribution in [0.15, 0.2) is 12.2 Å². The molecule has 4 atom stereocenters. The number of hydrogen-bond donors (Lipinski definition) is 1. The number of carbonyl (C=O) groups excluding carboxylic acids is 1. The number of carbonyl (C=O) groups is 2. The number of aliphatic carboxylic acids is 1. The smallest absolute Gasteiger partial charge is 0.310 e. The predicted octanol–water partition coefficient (Wildman–Crippen LogP) is 1.46. The van der Waals surface area contributed by atoms with E-state index in [0.29, 0.717) is 6.61 Å². The standard InChI is InChI=1S/C12H16O4/c1-2-5-16-12(15)10-8-4-3-7(6-8)9(10)11(13)14/h3-4,7-10H,2,5-6H2,1H3,(H,13,14)/t7-,8-,9+,10-/m0/s1. The summed E-state index contributed by atoms with van der Waals surface area (Å²) in [6.07, 6.45) is 5.43. The van der Waals surface area contributed by atoms with Crippen LogP contribution in [0.25, 0.3) is 0 Å². The third kappa shape index (κ3) is 1.72. The Kier molecular flexibility index (Phi) is 2.99. The Morgan fingerprint density at radius 2 is 1.94 bits per heavy atom. The van der Waals surface area contributed by atoms with Crippen LogP contribution in [0.3, 0.4) is 0 Å². The van der Waals surface area contributed by atoms with E-state index in [4.69, 9.17) is 9.84 Å². The van der Waals surface area contributed by atoms with E-state index in [1.165, 1.54) is 0 Å². The van der Waals surface area contributed by atoms with E-state index in [-0.39, 0.29) is 17.8 Å². The summed E-state index contributed by atoms with van der Waals surface area (Å²) in [5.74, 6) is -2.20. The molecule has 0 spiro atoms. The van der Waals surface area contributed by atoms with Crippen LogP contribution >= 0.6 is 0 Å². The maximum atomic E-state index is 11.8. The van der Waals surface area contributed by atoms with Gasteiger partial charge in [0.05, 0.1) is 18.4 Å². The summed E-state index contributed by atoms with van der Waals surface area (Å²) in [7, 11) is 0. The topological polar surface area (TPSA) is 63.6 Å². The Morgan fingerprint density at radius 1 is 1.31 bits per heavy atom. The molecule has 0 unspecified atom stereocenters. The molecule has 2 rings (SSSR count). The lowest BCUT2D eigenvalue weighted by atomic mass is 9.83. The first-order valence-corrected chi connectivity index (χ1v) is 5.73. The molecule has 1 fully saturated rings. The predicted molar refractivity (Wildman–Crippen MR) is 56.6 cm³/mol. The summed E-state index contributed by atoms with van der Waals surface area (Å²) in [6.45, 7) is 2.30. The van der Waals surface area contributed by atoms with Gasteiger partial charge >= 0.3 is 11.9 Å². The van der Waals surface area contributed by atoms with E-state index in [1.54, 1.807) is 0 Å². The van der Waals surface area contributed by atoms with Crippen LogP contribution in [0.5, 0.6) is 0 Å². The van der Waals surface area contributed by atoms with E-state index >= 15 is 0 Å². The zero-order valence-corrected chi connectivity index (χ0v) is 9.26. The SMILES string of the molecule is CCCOC(=O)[C@@H]1[C@H](C(=O)O)[C@H]2C=C[C@H]1C2. The van der Waals surface area contributed by atoms with Crippen LogP contribution in [-0.4, -0.2) is 23.7 Å². The number of allylic oxidation sites excluding steroid dienone is 2. The lowest BCUT2D eigenvalue weighted by molar-refractivity contribution is -0.158. The van der Waals surface area contributed by atoms with Crippen LogP contribution in [0.1, 0.15) is 19.8 Å². The molecule has 0 aromatic rings. The molecule has 2 aliphatic rings. The molecule has 0 heterocycles. The van der Waals surface area contributed by atoms with Gasteiger partial charge in [-0.15, -0.1) is 0 Å². The number of ether oxygens (including phenoxy) is 1. The first-order valence-electron chi connectivity index (χ1n) is 5.73. The molecule has 1 saturated carbocycles. The van der Waals surface area contributed by atoms with Crippen molar-refractivity contribution in [3.05, 3.63) is 12.2 Å². The van der Waals surface area contributed by atoms with Crippen molar-refractivity contribution < 1.29 is 19.4 Å². The van der Waals surface area contributed by atoms with Crippen molar-refractivity contribution in [3.8, 4) is 0 Å². The number of carboxylic acid groups (broad SMARTS) is 1. The van der Waals surface area contributed by atoms with Gasteiger partial charge in [-0.3, -0.25) is 9.59 Å². The molecular weight excluding hydrogens is 208 g/mol. The van der Waals surface area contributed by atoms with Crippen LogP contribution < -0.4 is 0 Å². The summed E-state index contributed by atoms with van der Waals surface area (Å²) >= 11 is 0. The molecular formula is C12H16O4. The lowest BCUT2D eigenvalue weighted by Crippen LogP contribution is -2.34. The van der Waals surface area contributed by atoms with Gasteiger partial charge in [-0.1, -0.05) is 19.1 Å². The van der Waals surface area contributed by atoms with Crippen molar-refractivity contribution in [1.29, 1.82) is 0 Å². The number of carboxylic acids is 1. The molecule has 0 radical (unpaired) electrons. The van der Waals surface area contributed by atoms with Gasteiger partial charge in [0.25, 0.3) is 0 Å². The monoisotopic (exact) mass is 224 g/mol. The quantitative estimate of drug-likeness (QED) is 0.580. The van der Waals surface area contributed by atoms with E-state index in [9.17, 15) is 9.59 Å². The summed E-state index contributed by atoms with van der Waals surface area (Å²) in [6, 6.07) is 0. The summed E-state index contributed by atoms with van der Waals surface area (Å²) in [5, 5.41) is 9.14. The minimum Gasteiger partial charge on any atom is -0.481 e. The first kappa shape index (κ1) is 11.2. The highest BCUT2D eigenvalue weighted by molar-refractivity contribution is 5.83. The largest absolute Gasteiger partial charge is 0.481 e. The second kappa shape index (κ2) is 4.28. The zero-order chi connectivity index (χ0) is 11.7.